The van der Waals surface area contributed by atoms with Crippen molar-refractivity contribution in [1.29, 1.82) is 0 Å². The molecule has 0 unspecified atom stereocenters. The van der Waals surface area contributed by atoms with Crippen LogP contribution in [0.15, 0.2) is 66.9 Å². The molecule has 2 aromatic carbocycles. The summed E-state index contributed by atoms with van der Waals surface area (Å²) in [6, 6.07) is 18.8. The second-order valence-electron chi connectivity index (χ2n) is 6.07. The summed E-state index contributed by atoms with van der Waals surface area (Å²) in [6.07, 6.45) is 1.74. The molecule has 0 bridgehead atoms. The topological polar surface area (TPSA) is 93.0 Å². The van der Waals surface area contributed by atoms with E-state index >= 15 is 0 Å². The van der Waals surface area contributed by atoms with Gasteiger partial charge in [0.15, 0.2) is 0 Å². The average Bonchev–Trinajstić information content (AvgIpc) is 3.13. The number of pyridine rings is 1. The molecular formula is C21H18N4O2. The van der Waals surface area contributed by atoms with Crippen LogP contribution in [0.1, 0.15) is 10.4 Å². The fourth-order valence-electron chi connectivity index (χ4n) is 3.02. The summed E-state index contributed by atoms with van der Waals surface area (Å²) >= 11 is 0. The zero-order chi connectivity index (χ0) is 18.8. The Morgan fingerprint density at radius 2 is 1.89 bits per heavy atom. The largest absolute Gasteiger partial charge is 0.496 e. The molecule has 4 rings (SSSR count). The summed E-state index contributed by atoms with van der Waals surface area (Å²) in [6.45, 7) is 0. The summed E-state index contributed by atoms with van der Waals surface area (Å²) in [4.78, 5) is 19.1. The minimum absolute atomic E-state index is 0.450. The van der Waals surface area contributed by atoms with Crippen LogP contribution in [0.25, 0.3) is 22.2 Å². The van der Waals surface area contributed by atoms with Crippen LogP contribution in [0.4, 0.5) is 11.5 Å². The average molecular weight is 358 g/mol. The Bertz CT molecular complexity index is 1120. The van der Waals surface area contributed by atoms with Crippen molar-refractivity contribution in [1.82, 2.24) is 9.97 Å². The molecule has 0 atom stereocenters. The van der Waals surface area contributed by atoms with Gasteiger partial charge in [-0.2, -0.15) is 0 Å². The maximum Gasteiger partial charge on any atom is 0.248 e. The number of aromatic nitrogens is 2. The lowest BCUT2D eigenvalue weighted by atomic mass is 10.1. The fourth-order valence-corrected chi connectivity index (χ4v) is 3.02. The second-order valence-corrected chi connectivity index (χ2v) is 6.07. The van der Waals surface area contributed by atoms with Gasteiger partial charge in [-0.25, -0.2) is 4.98 Å². The summed E-state index contributed by atoms with van der Waals surface area (Å²) in [7, 11) is 1.66. The molecule has 0 spiro atoms. The van der Waals surface area contributed by atoms with Crippen LogP contribution in [-0.2, 0) is 0 Å². The maximum atomic E-state index is 11.2. The van der Waals surface area contributed by atoms with E-state index in [9.17, 15) is 4.79 Å². The number of rotatable bonds is 5. The molecule has 0 radical (unpaired) electrons. The van der Waals surface area contributed by atoms with Gasteiger partial charge in [0.25, 0.3) is 0 Å². The first kappa shape index (κ1) is 16.7. The number of primary amides is 1. The third-order valence-electron chi connectivity index (χ3n) is 4.38. The molecule has 0 aliphatic carbocycles. The first-order chi connectivity index (χ1) is 13.2. The van der Waals surface area contributed by atoms with Crippen LogP contribution >= 0.6 is 0 Å². The minimum Gasteiger partial charge on any atom is -0.496 e. The van der Waals surface area contributed by atoms with Crippen molar-refractivity contribution in [2.24, 2.45) is 5.73 Å². The highest BCUT2D eigenvalue weighted by Gasteiger charge is 2.11. The smallest absolute Gasteiger partial charge is 0.248 e. The van der Waals surface area contributed by atoms with Crippen molar-refractivity contribution >= 4 is 28.3 Å². The number of ether oxygens (including phenoxy) is 1. The lowest BCUT2D eigenvalue weighted by Gasteiger charge is -2.07. The Morgan fingerprint density at radius 3 is 2.63 bits per heavy atom. The molecule has 0 aliphatic rings. The highest BCUT2D eigenvalue weighted by atomic mass is 16.5. The summed E-state index contributed by atoms with van der Waals surface area (Å²) in [5.41, 5.74) is 9.46. The molecule has 0 saturated carbocycles. The van der Waals surface area contributed by atoms with E-state index in [-0.39, 0.29) is 0 Å². The fraction of sp³-hybridized carbons (Fsp3) is 0.0476. The van der Waals surface area contributed by atoms with Crippen molar-refractivity contribution in [2.75, 3.05) is 12.4 Å². The number of nitrogens with one attached hydrogen (secondary N) is 2. The zero-order valence-corrected chi connectivity index (χ0v) is 14.7. The van der Waals surface area contributed by atoms with Gasteiger partial charge in [0.05, 0.1) is 18.3 Å². The molecular weight excluding hydrogens is 340 g/mol. The Morgan fingerprint density at radius 1 is 1.11 bits per heavy atom. The van der Waals surface area contributed by atoms with Gasteiger partial charge in [0.2, 0.25) is 5.91 Å². The molecule has 2 heterocycles. The van der Waals surface area contributed by atoms with E-state index in [0.717, 1.165) is 39.4 Å². The van der Waals surface area contributed by atoms with Crippen molar-refractivity contribution in [3.8, 4) is 17.0 Å². The molecule has 6 heteroatoms. The number of para-hydroxylation sites is 1. The molecule has 6 nitrogen and oxygen atoms in total. The molecule has 4 aromatic rings. The van der Waals surface area contributed by atoms with Crippen molar-refractivity contribution in [2.45, 2.75) is 0 Å². The normalized spacial score (nSPS) is 10.7. The number of H-pyrrole nitrogens is 1. The van der Waals surface area contributed by atoms with Crippen LogP contribution < -0.4 is 15.8 Å². The standard InChI is InChI=1S/C21H18N4O2/c1-27-19-5-3-2-4-15(19)18-12-16-17(25-18)10-11-23-21(16)24-14-8-6-13(7-9-14)20(22)26/h2-12,25H,1H3,(H2,22,26)(H,23,24). The number of carbonyl (C=O) groups excluding carboxylic acids is 1. The van der Waals surface area contributed by atoms with E-state index < -0.39 is 5.91 Å². The number of fused-ring (bicyclic) bond motifs is 1. The molecule has 0 fully saturated rings. The minimum atomic E-state index is -0.450. The van der Waals surface area contributed by atoms with Crippen LogP contribution in [0, 0.1) is 0 Å². The van der Waals surface area contributed by atoms with Crippen molar-refractivity contribution in [3.63, 3.8) is 0 Å². The van der Waals surface area contributed by atoms with Gasteiger partial charge in [-0.05, 0) is 48.5 Å². The van der Waals surface area contributed by atoms with Crippen LogP contribution in [-0.4, -0.2) is 23.0 Å². The lowest BCUT2D eigenvalue weighted by molar-refractivity contribution is 0.100. The van der Waals surface area contributed by atoms with Gasteiger partial charge in [-0.1, -0.05) is 12.1 Å². The van der Waals surface area contributed by atoms with Crippen LogP contribution in [0.2, 0.25) is 0 Å². The Balaban J connectivity index is 1.72. The van der Waals surface area contributed by atoms with E-state index in [2.05, 4.69) is 15.3 Å². The summed E-state index contributed by atoms with van der Waals surface area (Å²) < 4.78 is 5.46. The predicted octanol–water partition coefficient (Wildman–Crippen LogP) is 4.08. The summed E-state index contributed by atoms with van der Waals surface area (Å²) in [5.74, 6) is 1.07. The van der Waals surface area contributed by atoms with Crippen molar-refractivity contribution < 1.29 is 9.53 Å². The summed E-state index contributed by atoms with van der Waals surface area (Å²) in [5, 5.41) is 4.25. The van der Waals surface area contributed by atoms with Gasteiger partial charge in [0.1, 0.15) is 11.6 Å². The van der Waals surface area contributed by atoms with Gasteiger partial charge >= 0.3 is 0 Å². The second kappa shape index (κ2) is 6.84. The quantitative estimate of drug-likeness (QED) is 0.501. The van der Waals surface area contributed by atoms with Crippen LogP contribution in [0.3, 0.4) is 0 Å². The molecule has 27 heavy (non-hydrogen) atoms. The van der Waals surface area contributed by atoms with Gasteiger partial charge in [0, 0.05) is 28.4 Å². The third kappa shape index (κ3) is 3.20. The highest BCUT2D eigenvalue weighted by molar-refractivity contribution is 5.96. The highest BCUT2D eigenvalue weighted by Crippen LogP contribution is 2.33. The number of carbonyl (C=O) groups is 1. The molecule has 0 aliphatic heterocycles. The zero-order valence-electron chi connectivity index (χ0n) is 14.7. The SMILES string of the molecule is COc1ccccc1-c1cc2c(Nc3ccc(C(N)=O)cc3)nccc2[nH]1. The number of nitrogens with two attached hydrogens (primary N) is 1. The first-order valence-corrected chi connectivity index (χ1v) is 8.44. The Labute approximate surface area is 156 Å². The van der Waals surface area contributed by atoms with E-state index in [1.165, 1.54) is 0 Å². The number of hydrogen-bond donors (Lipinski definition) is 3. The third-order valence-corrected chi connectivity index (χ3v) is 4.38. The van der Waals surface area contributed by atoms with E-state index in [4.69, 9.17) is 10.5 Å². The molecule has 134 valence electrons. The van der Waals surface area contributed by atoms with Gasteiger partial charge < -0.3 is 20.8 Å². The van der Waals surface area contributed by atoms with Crippen LogP contribution in [0.5, 0.6) is 5.75 Å². The Kier molecular flexibility index (Phi) is 4.22. The lowest BCUT2D eigenvalue weighted by Crippen LogP contribution is -2.10. The number of methoxy groups -OCH3 is 1. The van der Waals surface area contributed by atoms with E-state index in [0.29, 0.717) is 5.56 Å². The molecule has 1 amide bonds. The number of nitrogens with zero attached hydrogens (tertiary/aromatic N) is 1. The number of amides is 1. The van der Waals surface area contributed by atoms with E-state index in [1.54, 1.807) is 37.6 Å². The van der Waals surface area contributed by atoms with Gasteiger partial charge in [-0.3, -0.25) is 4.79 Å². The van der Waals surface area contributed by atoms with Crippen molar-refractivity contribution in [3.05, 3.63) is 72.4 Å². The first-order valence-electron chi connectivity index (χ1n) is 8.44. The van der Waals surface area contributed by atoms with Gasteiger partial charge in [-0.15, -0.1) is 0 Å². The molecule has 2 aromatic heterocycles. The Hall–Kier alpha value is -3.80. The number of anilines is 2. The molecule has 4 N–H and O–H groups in total. The number of hydrogen-bond acceptors (Lipinski definition) is 4. The molecule has 0 saturated heterocycles. The predicted molar refractivity (Wildman–Crippen MR) is 106 cm³/mol. The monoisotopic (exact) mass is 358 g/mol. The number of aromatic amines is 1. The maximum absolute atomic E-state index is 11.2. The van der Waals surface area contributed by atoms with E-state index in [1.807, 2.05) is 36.4 Å². The number of benzene rings is 2.